The van der Waals surface area contributed by atoms with Gasteiger partial charge in [0.15, 0.2) is 13.1 Å². The van der Waals surface area contributed by atoms with Crippen LogP contribution >= 0.6 is 11.3 Å². The molecule has 0 bridgehead atoms. The first-order valence-electron chi connectivity index (χ1n) is 8.79. The van der Waals surface area contributed by atoms with Crippen molar-refractivity contribution in [1.82, 2.24) is 15.5 Å². The van der Waals surface area contributed by atoms with E-state index in [9.17, 15) is 10.1 Å². The average Bonchev–Trinajstić information content (AvgIpc) is 3.30. The monoisotopic (exact) mass is 392 g/mol. The standard InChI is InChI=1S/C18H25N5O3S/c1-13(2)18(3,12-19)20-15(24)10-23(7-8-25-4)11-16-21-22-17(26-16)14-6-5-9-27-14/h5-6,9,13H,7-8,10-11H2,1-4H3,(H,20,24)/p+1/t18-/m1/s1. The maximum atomic E-state index is 12.5. The van der Waals surface area contributed by atoms with Gasteiger partial charge in [-0.1, -0.05) is 19.9 Å². The van der Waals surface area contributed by atoms with Gasteiger partial charge in [0.1, 0.15) is 12.1 Å². The summed E-state index contributed by atoms with van der Waals surface area (Å²) in [4.78, 5) is 14.3. The first kappa shape index (κ1) is 21.0. The van der Waals surface area contributed by atoms with E-state index in [-0.39, 0.29) is 18.4 Å². The fourth-order valence-corrected chi connectivity index (χ4v) is 3.03. The van der Waals surface area contributed by atoms with Crippen molar-refractivity contribution in [3.05, 3.63) is 23.4 Å². The largest absolute Gasteiger partial charge is 0.414 e. The molecule has 0 aliphatic heterocycles. The smallest absolute Gasteiger partial charge is 0.276 e. The van der Waals surface area contributed by atoms with Crippen molar-refractivity contribution in [2.45, 2.75) is 32.9 Å². The number of rotatable bonds is 10. The molecule has 0 aliphatic rings. The molecular formula is C18H26N5O3S+. The van der Waals surface area contributed by atoms with E-state index >= 15 is 0 Å². The van der Waals surface area contributed by atoms with Crippen molar-refractivity contribution in [2.24, 2.45) is 5.92 Å². The number of aromatic nitrogens is 2. The number of nitrogens with one attached hydrogen (secondary N) is 2. The molecule has 0 spiro atoms. The van der Waals surface area contributed by atoms with E-state index in [0.29, 0.717) is 31.5 Å². The van der Waals surface area contributed by atoms with Crippen LogP contribution in [0.15, 0.2) is 21.9 Å². The Morgan fingerprint density at radius 3 is 2.89 bits per heavy atom. The molecule has 0 fully saturated rings. The maximum Gasteiger partial charge on any atom is 0.276 e. The lowest BCUT2D eigenvalue weighted by atomic mass is 9.90. The predicted octanol–water partition coefficient (Wildman–Crippen LogP) is 0.884. The number of thiophene rings is 1. The summed E-state index contributed by atoms with van der Waals surface area (Å²) in [5, 5.41) is 22.3. The van der Waals surface area contributed by atoms with E-state index in [1.807, 2.05) is 31.4 Å². The normalized spacial score (nSPS) is 14.5. The van der Waals surface area contributed by atoms with Crippen molar-refractivity contribution in [3.8, 4) is 16.8 Å². The Kier molecular flexibility index (Phi) is 7.47. The Hall–Kier alpha value is -2.28. The van der Waals surface area contributed by atoms with Crippen LogP contribution < -0.4 is 10.2 Å². The van der Waals surface area contributed by atoms with E-state index in [2.05, 4.69) is 21.6 Å². The van der Waals surface area contributed by atoms with Crippen LogP contribution in [0.4, 0.5) is 0 Å². The molecule has 2 atom stereocenters. The Bertz CT molecular complexity index is 768. The molecular weight excluding hydrogens is 366 g/mol. The van der Waals surface area contributed by atoms with Crippen LogP contribution in [0.2, 0.25) is 0 Å². The summed E-state index contributed by atoms with van der Waals surface area (Å²) >= 11 is 1.53. The van der Waals surface area contributed by atoms with Gasteiger partial charge in [-0.05, 0) is 24.3 Å². The van der Waals surface area contributed by atoms with Crippen LogP contribution in [0.3, 0.4) is 0 Å². The van der Waals surface area contributed by atoms with Gasteiger partial charge in [-0.15, -0.1) is 21.5 Å². The molecule has 9 heteroatoms. The van der Waals surface area contributed by atoms with E-state index in [1.54, 1.807) is 14.0 Å². The maximum absolute atomic E-state index is 12.5. The Labute approximate surface area is 163 Å². The van der Waals surface area contributed by atoms with E-state index in [4.69, 9.17) is 9.15 Å². The number of amides is 1. The second-order valence-corrected chi connectivity index (χ2v) is 7.79. The Morgan fingerprint density at radius 2 is 2.30 bits per heavy atom. The first-order valence-corrected chi connectivity index (χ1v) is 9.67. The zero-order chi connectivity index (χ0) is 19.9. The average molecular weight is 393 g/mol. The SMILES string of the molecule is COCC[NH+](CC(=O)N[C@](C)(C#N)C(C)C)Cc1nnc(-c2cccs2)o1. The molecule has 0 saturated heterocycles. The quantitative estimate of drug-likeness (QED) is 0.622. The molecule has 2 rings (SSSR count). The van der Waals surface area contributed by atoms with Crippen molar-refractivity contribution < 1.29 is 18.8 Å². The molecule has 0 radical (unpaired) electrons. The number of nitrogens with zero attached hydrogens (tertiary/aromatic N) is 3. The van der Waals surface area contributed by atoms with E-state index in [0.717, 1.165) is 9.78 Å². The molecule has 1 amide bonds. The molecule has 146 valence electrons. The number of ether oxygens (including phenoxy) is 1. The molecule has 0 aromatic carbocycles. The summed E-state index contributed by atoms with van der Waals surface area (Å²) in [5.41, 5.74) is -0.903. The van der Waals surface area contributed by atoms with Crippen molar-refractivity contribution in [2.75, 3.05) is 26.8 Å². The zero-order valence-electron chi connectivity index (χ0n) is 16.1. The van der Waals surface area contributed by atoms with Crippen molar-refractivity contribution in [3.63, 3.8) is 0 Å². The summed E-state index contributed by atoms with van der Waals surface area (Å²) < 4.78 is 10.9. The minimum absolute atomic E-state index is 0.00169. The molecule has 27 heavy (non-hydrogen) atoms. The van der Waals surface area contributed by atoms with Crippen molar-refractivity contribution >= 4 is 17.2 Å². The van der Waals surface area contributed by atoms with E-state index in [1.165, 1.54) is 11.3 Å². The van der Waals surface area contributed by atoms with Crippen LogP contribution in [0.5, 0.6) is 0 Å². The molecule has 2 aromatic heterocycles. The molecule has 0 saturated carbocycles. The molecule has 2 aromatic rings. The highest BCUT2D eigenvalue weighted by atomic mass is 32.1. The van der Waals surface area contributed by atoms with Crippen LogP contribution in [-0.4, -0.2) is 48.4 Å². The molecule has 8 nitrogen and oxygen atoms in total. The van der Waals surface area contributed by atoms with Crippen LogP contribution in [0.25, 0.3) is 10.8 Å². The molecule has 2 N–H and O–H groups in total. The van der Waals surface area contributed by atoms with Gasteiger partial charge < -0.3 is 19.4 Å². The number of nitriles is 1. The Balaban J connectivity index is 2.02. The van der Waals surface area contributed by atoms with Gasteiger partial charge >= 0.3 is 0 Å². The summed E-state index contributed by atoms with van der Waals surface area (Å²) in [6, 6.07) is 6.03. The summed E-state index contributed by atoms with van der Waals surface area (Å²) in [7, 11) is 1.62. The van der Waals surface area contributed by atoms with Gasteiger partial charge in [0.2, 0.25) is 0 Å². The number of quaternary nitrogens is 1. The molecule has 1 unspecified atom stereocenters. The predicted molar refractivity (Wildman–Crippen MR) is 101 cm³/mol. The van der Waals surface area contributed by atoms with E-state index < -0.39 is 5.54 Å². The Morgan fingerprint density at radius 1 is 1.52 bits per heavy atom. The number of hydrogen-bond acceptors (Lipinski definition) is 7. The molecule has 2 heterocycles. The van der Waals surface area contributed by atoms with Gasteiger partial charge in [0, 0.05) is 7.11 Å². The van der Waals surface area contributed by atoms with Crippen LogP contribution in [0, 0.1) is 17.2 Å². The summed E-state index contributed by atoms with van der Waals surface area (Å²) in [5.74, 6) is 0.742. The lowest BCUT2D eigenvalue weighted by Gasteiger charge is -2.28. The topological polar surface area (TPSA) is 105 Å². The highest BCUT2D eigenvalue weighted by Gasteiger charge is 2.31. The third-order valence-corrected chi connectivity index (χ3v) is 5.31. The second-order valence-electron chi connectivity index (χ2n) is 6.84. The van der Waals surface area contributed by atoms with Gasteiger partial charge in [-0.2, -0.15) is 5.26 Å². The summed E-state index contributed by atoms with van der Waals surface area (Å²) in [6.07, 6.45) is 0. The van der Waals surface area contributed by atoms with Gasteiger partial charge in [0.25, 0.3) is 17.7 Å². The van der Waals surface area contributed by atoms with Gasteiger partial charge in [-0.25, -0.2) is 0 Å². The zero-order valence-corrected chi connectivity index (χ0v) is 16.9. The molecule has 0 aliphatic carbocycles. The summed E-state index contributed by atoms with van der Waals surface area (Å²) in [6.45, 7) is 7.23. The lowest BCUT2D eigenvalue weighted by molar-refractivity contribution is -0.907. The number of carbonyl (C=O) groups is 1. The third kappa shape index (κ3) is 5.85. The lowest BCUT2D eigenvalue weighted by Crippen LogP contribution is -3.12. The van der Waals surface area contributed by atoms with Gasteiger partial charge in [-0.3, -0.25) is 4.79 Å². The van der Waals surface area contributed by atoms with Crippen LogP contribution in [-0.2, 0) is 16.1 Å². The van der Waals surface area contributed by atoms with Gasteiger partial charge in [0.05, 0.1) is 17.6 Å². The highest BCUT2D eigenvalue weighted by Crippen LogP contribution is 2.22. The number of hydrogen-bond donors (Lipinski definition) is 2. The fourth-order valence-electron chi connectivity index (χ4n) is 2.39. The minimum atomic E-state index is -0.903. The highest BCUT2D eigenvalue weighted by molar-refractivity contribution is 7.13. The van der Waals surface area contributed by atoms with Crippen LogP contribution in [0.1, 0.15) is 26.7 Å². The number of methoxy groups -OCH3 is 1. The fraction of sp³-hybridized carbons (Fsp3) is 0.556. The number of carbonyl (C=O) groups excluding carboxylic acids is 1. The van der Waals surface area contributed by atoms with Crippen molar-refractivity contribution in [1.29, 1.82) is 5.26 Å². The minimum Gasteiger partial charge on any atom is -0.414 e. The second kappa shape index (κ2) is 9.60. The first-order chi connectivity index (χ1) is 12.9. The third-order valence-electron chi connectivity index (χ3n) is 4.46.